The highest BCUT2D eigenvalue weighted by atomic mass is 16.6. The van der Waals surface area contributed by atoms with Crippen LogP contribution in [0.5, 0.6) is 0 Å². The zero-order valence-corrected chi connectivity index (χ0v) is 35.8. The Morgan fingerprint density at radius 1 is 0.776 bits per heavy atom. The van der Waals surface area contributed by atoms with Gasteiger partial charge < -0.3 is 34.3 Å². The molecule has 58 heavy (non-hydrogen) atoms. The molecule has 0 spiro atoms. The zero-order valence-electron chi connectivity index (χ0n) is 35.8. The average Bonchev–Trinajstić information content (AvgIpc) is 3.16. The number of fused-ring (bicyclic) bond motifs is 2. The van der Waals surface area contributed by atoms with Gasteiger partial charge in [-0.25, -0.2) is 0 Å². The van der Waals surface area contributed by atoms with E-state index < -0.39 is 48.6 Å². The van der Waals surface area contributed by atoms with Crippen LogP contribution in [-0.2, 0) is 38.1 Å². The maximum atomic E-state index is 13.0. The molecule has 0 amide bonds. The number of esters is 4. The number of allylic oxidation sites excluding steroid dienone is 5. The summed E-state index contributed by atoms with van der Waals surface area (Å²) in [6, 6.07) is 0. The van der Waals surface area contributed by atoms with Crippen LogP contribution in [0.25, 0.3) is 0 Å². The van der Waals surface area contributed by atoms with Crippen LogP contribution in [0.1, 0.15) is 126 Å². The number of rotatable bonds is 17. The summed E-state index contributed by atoms with van der Waals surface area (Å²) in [6.45, 7) is 14.1. The van der Waals surface area contributed by atoms with Crippen LogP contribution in [0.3, 0.4) is 0 Å². The molecule has 0 aromatic carbocycles. The van der Waals surface area contributed by atoms with Gasteiger partial charge in [-0.2, -0.15) is 0 Å². The summed E-state index contributed by atoms with van der Waals surface area (Å²) >= 11 is 0. The first kappa shape index (κ1) is 45.8. The van der Waals surface area contributed by atoms with E-state index in [9.17, 15) is 34.5 Å². The van der Waals surface area contributed by atoms with E-state index in [0.717, 1.165) is 24.8 Å². The number of ether oxygens (including phenoxy) is 4. The molecule has 0 saturated carbocycles. The molecule has 1 saturated heterocycles. The third-order valence-electron chi connectivity index (χ3n) is 13.7. The van der Waals surface area contributed by atoms with Crippen molar-refractivity contribution < 1.29 is 53.4 Å². The molecule has 0 aromatic heterocycles. The summed E-state index contributed by atoms with van der Waals surface area (Å²) < 4.78 is 23.6. The predicted molar refractivity (Wildman–Crippen MR) is 219 cm³/mol. The molecule has 1 unspecified atom stereocenters. The van der Waals surface area contributed by atoms with E-state index in [1.165, 1.54) is 5.57 Å². The minimum absolute atomic E-state index is 0.0159. The van der Waals surface area contributed by atoms with Crippen molar-refractivity contribution in [3.8, 4) is 0 Å². The van der Waals surface area contributed by atoms with Crippen LogP contribution < -0.4 is 0 Å². The van der Waals surface area contributed by atoms with Gasteiger partial charge in [-0.3, -0.25) is 19.2 Å². The number of aliphatic hydroxyl groups excluding tert-OH is 3. The number of carbonyl (C=O) groups is 4. The Kier molecular flexibility index (Phi) is 16.4. The Morgan fingerprint density at radius 2 is 1.34 bits per heavy atom. The van der Waals surface area contributed by atoms with Crippen molar-refractivity contribution >= 4 is 23.9 Å². The minimum Gasteiger partial charge on any atom is -0.462 e. The quantitative estimate of drug-likeness (QED) is 0.101. The fraction of sp³-hybridized carbons (Fsp3) is 0.745. The molecule has 324 valence electrons. The predicted octanol–water partition coefficient (Wildman–Crippen LogP) is 7.12. The topological polar surface area (TPSA) is 166 Å². The second kappa shape index (κ2) is 20.8. The lowest BCUT2D eigenvalue weighted by Gasteiger charge is -2.43. The Morgan fingerprint density at radius 3 is 1.95 bits per heavy atom. The third kappa shape index (κ3) is 11.9. The normalized spacial score (nSPS) is 35.2. The largest absolute Gasteiger partial charge is 0.462 e. The van der Waals surface area contributed by atoms with Gasteiger partial charge in [0.1, 0.15) is 24.4 Å². The maximum Gasteiger partial charge on any atom is 0.309 e. The van der Waals surface area contributed by atoms with Crippen molar-refractivity contribution in [2.45, 2.75) is 168 Å². The van der Waals surface area contributed by atoms with Crippen molar-refractivity contribution in [1.29, 1.82) is 0 Å². The highest BCUT2D eigenvalue weighted by Gasteiger charge is 2.44. The van der Waals surface area contributed by atoms with Crippen LogP contribution in [0, 0.1) is 53.3 Å². The van der Waals surface area contributed by atoms with E-state index in [0.29, 0.717) is 44.4 Å². The van der Waals surface area contributed by atoms with Crippen LogP contribution in [0.15, 0.2) is 47.6 Å². The van der Waals surface area contributed by atoms with Crippen molar-refractivity contribution in [2.24, 2.45) is 53.3 Å². The molecule has 16 atom stereocenters. The average molecular weight is 811 g/mol. The van der Waals surface area contributed by atoms with Gasteiger partial charge >= 0.3 is 23.9 Å². The molecule has 0 aromatic rings. The Bertz CT molecular complexity index is 1560. The van der Waals surface area contributed by atoms with Crippen LogP contribution >= 0.6 is 0 Å². The molecule has 5 aliphatic rings. The number of carbonyl (C=O) groups excluding carboxylic acids is 4. The van der Waals surface area contributed by atoms with Crippen LogP contribution in [0.4, 0.5) is 0 Å². The third-order valence-corrected chi connectivity index (χ3v) is 13.7. The molecular weight excluding hydrogens is 741 g/mol. The number of hydrogen-bond donors (Lipinski definition) is 3. The molecule has 1 aliphatic heterocycles. The monoisotopic (exact) mass is 810 g/mol. The summed E-state index contributed by atoms with van der Waals surface area (Å²) in [5, 5.41) is 32.4. The fourth-order valence-corrected chi connectivity index (χ4v) is 9.89. The smallest absolute Gasteiger partial charge is 0.309 e. The first-order valence-electron chi connectivity index (χ1n) is 22.2. The highest BCUT2D eigenvalue weighted by molar-refractivity contribution is 5.74. The first-order valence-corrected chi connectivity index (χ1v) is 22.2. The van der Waals surface area contributed by atoms with Crippen molar-refractivity contribution in [3.63, 3.8) is 0 Å². The molecule has 1 heterocycles. The summed E-state index contributed by atoms with van der Waals surface area (Å²) in [5.74, 6) is -1.05. The molecular formula is C47H70O11. The lowest BCUT2D eigenvalue weighted by molar-refractivity contribution is -0.171. The maximum absolute atomic E-state index is 13.0. The molecule has 3 N–H and O–H groups in total. The second-order valence-electron chi connectivity index (χ2n) is 18.3. The highest BCUT2D eigenvalue weighted by Crippen LogP contribution is 2.46. The summed E-state index contributed by atoms with van der Waals surface area (Å²) in [4.78, 5) is 51.4. The van der Waals surface area contributed by atoms with E-state index in [4.69, 9.17) is 18.9 Å². The second-order valence-corrected chi connectivity index (χ2v) is 18.3. The first-order chi connectivity index (χ1) is 27.6. The van der Waals surface area contributed by atoms with Gasteiger partial charge in [0.15, 0.2) is 0 Å². The van der Waals surface area contributed by atoms with Crippen molar-refractivity contribution in [3.05, 3.63) is 47.6 Å². The molecule has 0 radical (unpaired) electrons. The lowest BCUT2D eigenvalue weighted by atomic mass is 9.65. The van der Waals surface area contributed by atoms with E-state index in [1.54, 1.807) is 0 Å². The van der Waals surface area contributed by atoms with Gasteiger partial charge in [-0.05, 0) is 92.1 Å². The summed E-state index contributed by atoms with van der Waals surface area (Å²) in [5.41, 5.74) is 2.14. The van der Waals surface area contributed by atoms with Crippen LogP contribution in [-0.4, -0.2) is 81.9 Å². The minimum atomic E-state index is -1.13. The van der Waals surface area contributed by atoms with Gasteiger partial charge in [0.25, 0.3) is 0 Å². The van der Waals surface area contributed by atoms with E-state index >= 15 is 0 Å². The van der Waals surface area contributed by atoms with Gasteiger partial charge in [-0.1, -0.05) is 84.9 Å². The van der Waals surface area contributed by atoms with Gasteiger partial charge in [0.05, 0.1) is 43.0 Å². The summed E-state index contributed by atoms with van der Waals surface area (Å²) in [6.07, 6.45) is 12.8. The molecule has 1 fully saturated rings. The standard InChI is InChI=1S/C47H70O11/c1-8-27(4)46(53)57-40-19-26(3)18-31-12-10-30(7)39(44(31)40)17-15-36-24-37(25-43(52)55-36)56-42(51)23-35(50)21-33(48)14-16-38-29(6)11-13-32-20-34(49)22-41(45(32)38)58-47(54)28(5)9-2/h10-13,18,20,26-30,33-41,44-45,48-50H,8-9,14-17,19,21-25H2,1-7H3/t26-,27+,28+,29+,30-,33-,34-,35-,36?,37+,38+,39-,40-,41+,44-,45+/m1/s1. The fourth-order valence-electron chi connectivity index (χ4n) is 9.89. The summed E-state index contributed by atoms with van der Waals surface area (Å²) in [7, 11) is 0. The van der Waals surface area contributed by atoms with Crippen molar-refractivity contribution in [1.82, 2.24) is 0 Å². The van der Waals surface area contributed by atoms with Crippen molar-refractivity contribution in [2.75, 3.05) is 0 Å². The molecule has 11 nitrogen and oxygen atoms in total. The van der Waals surface area contributed by atoms with Crippen LogP contribution in [0.2, 0.25) is 0 Å². The number of cyclic esters (lactones) is 1. The molecule has 4 aliphatic carbocycles. The van der Waals surface area contributed by atoms with Gasteiger partial charge in [0.2, 0.25) is 0 Å². The zero-order chi connectivity index (χ0) is 42.3. The Balaban J connectivity index is 1.10. The lowest BCUT2D eigenvalue weighted by Crippen LogP contribution is -2.43. The van der Waals surface area contributed by atoms with E-state index in [2.05, 4.69) is 45.1 Å². The SMILES string of the molecule is CC[C@H](C)C(=O)O[C@H]1C[C@H](O)C=C2C=C[C@H](C)[C@H](CC[C@@H](O)C[C@@H](O)CC(=O)O[C@@H]3CC(=O)OC(CC[C@H]4[C@H]5C(=C[C@@H](C)C[C@H]5OC(=O)[C@@H](C)CC)C=C[C@H]4C)C3)[C@H]21. The Hall–Kier alpha value is -3.28. The van der Waals surface area contributed by atoms with Gasteiger partial charge in [-0.15, -0.1) is 0 Å². The van der Waals surface area contributed by atoms with E-state index in [1.807, 2.05) is 39.8 Å². The van der Waals surface area contributed by atoms with E-state index in [-0.39, 0.29) is 84.6 Å². The molecule has 11 heteroatoms. The molecule has 0 bridgehead atoms. The Labute approximate surface area is 345 Å². The van der Waals surface area contributed by atoms with Gasteiger partial charge in [0, 0.05) is 24.7 Å². The number of hydrogen-bond acceptors (Lipinski definition) is 11. The number of aliphatic hydroxyl groups is 3. The molecule has 5 rings (SSSR count).